The first-order valence-electron chi connectivity index (χ1n) is 11.0. The average molecular weight is 515 g/mol. The molecule has 1 aliphatic heterocycles. The van der Waals surface area contributed by atoms with E-state index in [1.165, 1.54) is 7.11 Å². The number of dihydropyridines is 1. The Labute approximate surface area is 210 Å². The first kappa shape index (κ1) is 28.1. The first-order valence-corrected chi connectivity index (χ1v) is 11.7. The lowest BCUT2D eigenvalue weighted by atomic mass is 9.80. The fourth-order valence-corrected chi connectivity index (χ4v) is 3.90. The van der Waals surface area contributed by atoms with Crippen LogP contribution in [-0.2, 0) is 28.5 Å². The number of rotatable bonds is 12. The Bertz CT molecular complexity index is 945. The van der Waals surface area contributed by atoms with Crippen molar-refractivity contribution in [3.05, 3.63) is 56.3 Å². The summed E-state index contributed by atoms with van der Waals surface area (Å²) in [5.41, 5.74) is 7.31. The second-order valence-corrected chi connectivity index (χ2v) is 8.85. The van der Waals surface area contributed by atoms with Crippen LogP contribution in [0.4, 0.5) is 0 Å². The summed E-state index contributed by atoms with van der Waals surface area (Å²) in [5.74, 6) is -1.94. The van der Waals surface area contributed by atoms with Crippen LogP contribution in [0, 0.1) is 5.92 Å². The van der Waals surface area contributed by atoms with Crippen molar-refractivity contribution in [3.8, 4) is 0 Å². The minimum Gasteiger partial charge on any atom is -0.466 e. The van der Waals surface area contributed by atoms with Gasteiger partial charge in [0.2, 0.25) is 0 Å². The Morgan fingerprint density at radius 2 is 1.79 bits per heavy atom. The molecule has 0 radical (unpaired) electrons. The molecule has 0 saturated carbocycles. The van der Waals surface area contributed by atoms with Crippen molar-refractivity contribution in [2.75, 3.05) is 46.7 Å². The predicted molar refractivity (Wildman–Crippen MR) is 131 cm³/mol. The third-order valence-electron chi connectivity index (χ3n) is 4.99. The van der Waals surface area contributed by atoms with Crippen LogP contribution >= 0.6 is 23.2 Å². The highest BCUT2D eigenvalue weighted by Crippen LogP contribution is 2.43. The number of esters is 2. The Kier molecular flexibility index (Phi) is 11.3. The molecule has 1 aromatic rings. The van der Waals surface area contributed by atoms with Gasteiger partial charge in [0.25, 0.3) is 0 Å². The van der Waals surface area contributed by atoms with Crippen molar-refractivity contribution in [2.45, 2.75) is 26.7 Å². The molecule has 2 rings (SSSR count). The van der Waals surface area contributed by atoms with Gasteiger partial charge >= 0.3 is 11.9 Å². The highest BCUT2D eigenvalue weighted by atomic mass is 35.5. The number of methoxy groups -OCH3 is 1. The second-order valence-electron chi connectivity index (χ2n) is 8.07. The van der Waals surface area contributed by atoms with E-state index >= 15 is 0 Å². The largest absolute Gasteiger partial charge is 0.466 e. The maximum atomic E-state index is 13.4. The van der Waals surface area contributed by atoms with E-state index in [9.17, 15) is 9.59 Å². The van der Waals surface area contributed by atoms with Crippen LogP contribution in [0.1, 0.15) is 32.3 Å². The maximum Gasteiger partial charge on any atom is 0.336 e. The fourth-order valence-electron chi connectivity index (χ4n) is 3.48. The normalized spacial score (nSPS) is 16.1. The topological polar surface area (TPSA) is 109 Å². The van der Waals surface area contributed by atoms with Gasteiger partial charge in [0.05, 0.1) is 73.0 Å². The summed E-state index contributed by atoms with van der Waals surface area (Å²) in [6.45, 7) is 7.32. The number of ether oxygens (including phenoxy) is 4. The number of allylic oxidation sites excluding steroid dienone is 1. The molecule has 0 aromatic heterocycles. The van der Waals surface area contributed by atoms with E-state index in [-0.39, 0.29) is 41.9 Å². The SMILES string of the molecule is COC(=O)C1=C(C)NC(COCCOCCN)=C(C(=O)OCC(C)C)C1c1cccc(Cl)c1Cl. The summed E-state index contributed by atoms with van der Waals surface area (Å²) in [6, 6.07) is 5.06. The smallest absolute Gasteiger partial charge is 0.336 e. The van der Waals surface area contributed by atoms with Gasteiger partial charge in [0, 0.05) is 12.2 Å². The molecule has 1 heterocycles. The van der Waals surface area contributed by atoms with Gasteiger partial charge in [-0.05, 0) is 24.5 Å². The Morgan fingerprint density at radius 3 is 2.44 bits per heavy atom. The molecule has 0 amide bonds. The van der Waals surface area contributed by atoms with Gasteiger partial charge < -0.3 is 30.0 Å². The minimum absolute atomic E-state index is 0.0541. The maximum absolute atomic E-state index is 13.4. The number of nitrogens with two attached hydrogens (primary N) is 1. The number of nitrogens with one attached hydrogen (secondary N) is 1. The molecule has 8 nitrogen and oxygen atoms in total. The summed E-state index contributed by atoms with van der Waals surface area (Å²) in [5, 5.41) is 3.66. The van der Waals surface area contributed by atoms with Crippen molar-refractivity contribution in [1.29, 1.82) is 0 Å². The lowest BCUT2D eigenvalue weighted by Gasteiger charge is -2.32. The molecule has 34 heavy (non-hydrogen) atoms. The van der Waals surface area contributed by atoms with Crippen molar-refractivity contribution in [2.24, 2.45) is 11.7 Å². The highest BCUT2D eigenvalue weighted by molar-refractivity contribution is 6.42. The van der Waals surface area contributed by atoms with Gasteiger partial charge in [-0.1, -0.05) is 49.2 Å². The lowest BCUT2D eigenvalue weighted by molar-refractivity contribution is -0.140. The van der Waals surface area contributed by atoms with Crippen LogP contribution < -0.4 is 11.1 Å². The zero-order valence-corrected chi connectivity index (χ0v) is 21.4. The molecule has 0 aliphatic carbocycles. The molecule has 0 saturated heterocycles. The van der Waals surface area contributed by atoms with Gasteiger partial charge in [0.1, 0.15) is 0 Å². The van der Waals surface area contributed by atoms with E-state index in [0.29, 0.717) is 41.7 Å². The Morgan fingerprint density at radius 1 is 1.09 bits per heavy atom. The van der Waals surface area contributed by atoms with E-state index in [1.54, 1.807) is 25.1 Å². The molecule has 1 aliphatic rings. The molecular formula is C24H32Cl2N2O6. The predicted octanol–water partition coefficient (Wildman–Crippen LogP) is 3.57. The van der Waals surface area contributed by atoms with Crippen LogP contribution in [-0.4, -0.2) is 58.6 Å². The summed E-state index contributed by atoms with van der Waals surface area (Å²) < 4.78 is 21.7. The number of hydrogen-bond acceptors (Lipinski definition) is 8. The van der Waals surface area contributed by atoms with Crippen LogP contribution in [0.3, 0.4) is 0 Å². The summed E-state index contributed by atoms with van der Waals surface area (Å²) >= 11 is 12.8. The van der Waals surface area contributed by atoms with Crippen LogP contribution in [0.25, 0.3) is 0 Å². The fraction of sp³-hybridized carbons (Fsp3) is 0.500. The molecule has 10 heteroatoms. The molecular weight excluding hydrogens is 483 g/mol. The molecule has 0 spiro atoms. The lowest BCUT2D eigenvalue weighted by Crippen LogP contribution is -2.35. The average Bonchev–Trinajstić information content (AvgIpc) is 2.80. The number of carbonyl (C=O) groups is 2. The van der Waals surface area contributed by atoms with Gasteiger partial charge in [0.15, 0.2) is 0 Å². The van der Waals surface area contributed by atoms with E-state index < -0.39 is 17.9 Å². The second kappa shape index (κ2) is 13.7. The Hall–Kier alpha value is -2.10. The van der Waals surface area contributed by atoms with Crippen LogP contribution in [0.2, 0.25) is 10.0 Å². The molecule has 0 fully saturated rings. The number of hydrogen-bond donors (Lipinski definition) is 2. The zero-order chi connectivity index (χ0) is 25.3. The molecule has 0 bridgehead atoms. The Balaban J connectivity index is 2.55. The standard InChI is InChI=1S/C24H32Cl2N2O6/c1-14(2)12-34-24(30)21-18(13-33-11-10-32-9-8-27)28-15(3)19(23(29)31-4)20(21)16-6-5-7-17(25)22(16)26/h5-7,14,20,28H,8-13,27H2,1-4H3. The zero-order valence-electron chi connectivity index (χ0n) is 19.9. The molecule has 188 valence electrons. The summed E-state index contributed by atoms with van der Waals surface area (Å²) in [4.78, 5) is 26.2. The van der Waals surface area contributed by atoms with E-state index in [0.717, 1.165) is 0 Å². The minimum atomic E-state index is -0.869. The molecule has 1 unspecified atom stereocenters. The van der Waals surface area contributed by atoms with Gasteiger partial charge in [-0.25, -0.2) is 9.59 Å². The van der Waals surface area contributed by atoms with Crippen molar-refractivity contribution in [1.82, 2.24) is 5.32 Å². The number of halogens is 2. The highest BCUT2D eigenvalue weighted by Gasteiger charge is 2.40. The molecule has 1 aromatic carbocycles. The number of carbonyl (C=O) groups excluding carboxylic acids is 2. The quantitative estimate of drug-likeness (QED) is 0.321. The molecule has 3 N–H and O–H groups in total. The summed E-state index contributed by atoms with van der Waals surface area (Å²) in [7, 11) is 1.28. The first-order chi connectivity index (χ1) is 16.2. The van der Waals surface area contributed by atoms with Crippen molar-refractivity contribution in [3.63, 3.8) is 0 Å². The summed E-state index contributed by atoms with van der Waals surface area (Å²) in [6.07, 6.45) is 0. The van der Waals surface area contributed by atoms with Crippen LogP contribution in [0.15, 0.2) is 40.7 Å². The van der Waals surface area contributed by atoms with E-state index in [4.69, 9.17) is 47.9 Å². The van der Waals surface area contributed by atoms with Gasteiger partial charge in [-0.2, -0.15) is 0 Å². The molecule has 1 atom stereocenters. The third-order valence-corrected chi connectivity index (χ3v) is 5.82. The van der Waals surface area contributed by atoms with Crippen molar-refractivity contribution >= 4 is 35.1 Å². The van der Waals surface area contributed by atoms with Crippen LogP contribution in [0.5, 0.6) is 0 Å². The third kappa shape index (κ3) is 7.20. The van der Waals surface area contributed by atoms with Crippen molar-refractivity contribution < 1.29 is 28.5 Å². The van der Waals surface area contributed by atoms with Gasteiger partial charge in [-0.15, -0.1) is 0 Å². The monoisotopic (exact) mass is 514 g/mol. The number of benzene rings is 1. The van der Waals surface area contributed by atoms with E-state index in [2.05, 4.69) is 5.32 Å². The van der Waals surface area contributed by atoms with Gasteiger partial charge in [-0.3, -0.25) is 0 Å². The van der Waals surface area contributed by atoms with E-state index in [1.807, 2.05) is 13.8 Å².